The lowest BCUT2D eigenvalue weighted by atomic mass is 10.1. The number of nitrogens with one attached hydrogen (secondary N) is 2. The zero-order chi connectivity index (χ0) is 14.1. The van der Waals surface area contributed by atoms with Gasteiger partial charge < -0.3 is 10.6 Å². The Morgan fingerprint density at radius 3 is 3.00 bits per heavy atom. The molecule has 0 spiro atoms. The molecule has 0 unspecified atom stereocenters. The molecule has 5 nitrogen and oxygen atoms in total. The number of hydrogen-bond donors (Lipinski definition) is 2. The Kier molecular flexibility index (Phi) is 3.71. The van der Waals surface area contributed by atoms with E-state index in [9.17, 15) is 4.79 Å². The first-order valence-electron chi connectivity index (χ1n) is 5.99. The monoisotopic (exact) mass is 396 g/mol. The average molecular weight is 398 g/mol. The summed E-state index contributed by atoms with van der Waals surface area (Å²) in [7, 11) is 0. The van der Waals surface area contributed by atoms with Gasteiger partial charge in [-0.15, -0.1) is 0 Å². The van der Waals surface area contributed by atoms with E-state index in [1.807, 2.05) is 12.1 Å². The average Bonchev–Trinajstić information content (AvgIpc) is 2.89. The van der Waals surface area contributed by atoms with Crippen molar-refractivity contribution in [3.63, 3.8) is 0 Å². The Labute approximate surface area is 132 Å². The highest BCUT2D eigenvalue weighted by molar-refractivity contribution is 9.11. The van der Waals surface area contributed by atoms with Crippen molar-refractivity contribution >= 4 is 49.3 Å². The maximum atomic E-state index is 12.2. The van der Waals surface area contributed by atoms with Gasteiger partial charge >= 0.3 is 0 Å². The van der Waals surface area contributed by atoms with Crippen molar-refractivity contribution in [2.24, 2.45) is 0 Å². The Hall–Kier alpha value is -1.47. The van der Waals surface area contributed by atoms with Crippen molar-refractivity contribution in [3.8, 4) is 0 Å². The molecule has 0 fully saturated rings. The third kappa shape index (κ3) is 2.69. The van der Waals surface area contributed by atoms with Crippen molar-refractivity contribution in [2.45, 2.75) is 6.42 Å². The van der Waals surface area contributed by atoms with E-state index < -0.39 is 0 Å². The topological polar surface area (TPSA) is 66.9 Å². The van der Waals surface area contributed by atoms with Gasteiger partial charge in [-0.2, -0.15) is 0 Å². The molecule has 0 atom stereocenters. The van der Waals surface area contributed by atoms with Crippen molar-refractivity contribution in [1.82, 2.24) is 9.97 Å². The van der Waals surface area contributed by atoms with E-state index in [0.717, 1.165) is 18.7 Å². The summed E-state index contributed by atoms with van der Waals surface area (Å²) in [5.74, 6) is 0.203. The zero-order valence-corrected chi connectivity index (χ0v) is 13.5. The van der Waals surface area contributed by atoms with E-state index in [2.05, 4.69) is 52.5 Å². The zero-order valence-electron chi connectivity index (χ0n) is 10.3. The fourth-order valence-corrected chi connectivity index (χ4v) is 2.97. The fourth-order valence-electron chi connectivity index (χ4n) is 2.06. The highest BCUT2D eigenvalue weighted by Gasteiger charge is 2.15. The van der Waals surface area contributed by atoms with Crippen LogP contribution >= 0.6 is 31.9 Å². The molecule has 0 saturated carbocycles. The van der Waals surface area contributed by atoms with Gasteiger partial charge in [0.2, 0.25) is 0 Å². The summed E-state index contributed by atoms with van der Waals surface area (Å²) in [5, 5.41) is 6.01. The third-order valence-corrected chi connectivity index (χ3v) is 3.94. The summed E-state index contributed by atoms with van der Waals surface area (Å²) in [6, 6.07) is 5.64. The SMILES string of the molecule is O=C(Nc1ncc(Br)nc1Br)c1ccc2c(c1)CCN2. The predicted octanol–water partition coefficient (Wildman–Crippen LogP) is 3.22. The van der Waals surface area contributed by atoms with Crippen molar-refractivity contribution in [3.05, 3.63) is 44.7 Å². The van der Waals surface area contributed by atoms with Gasteiger partial charge in [-0.3, -0.25) is 4.79 Å². The largest absolute Gasteiger partial charge is 0.384 e. The lowest BCUT2D eigenvalue weighted by molar-refractivity contribution is 0.102. The summed E-state index contributed by atoms with van der Waals surface area (Å²) >= 11 is 6.49. The summed E-state index contributed by atoms with van der Waals surface area (Å²) in [4.78, 5) is 20.5. The number of carbonyl (C=O) groups excluding carboxylic acids is 1. The van der Waals surface area contributed by atoms with E-state index >= 15 is 0 Å². The van der Waals surface area contributed by atoms with Crippen LogP contribution < -0.4 is 10.6 Å². The number of rotatable bonds is 2. The van der Waals surface area contributed by atoms with Crippen LogP contribution in [0, 0.1) is 0 Å². The molecule has 1 aliphatic heterocycles. The van der Waals surface area contributed by atoms with Crippen LogP contribution in [-0.2, 0) is 6.42 Å². The van der Waals surface area contributed by atoms with E-state index in [1.165, 1.54) is 11.8 Å². The van der Waals surface area contributed by atoms with Gasteiger partial charge in [0.1, 0.15) is 9.21 Å². The maximum absolute atomic E-state index is 12.2. The van der Waals surface area contributed by atoms with Gasteiger partial charge in [-0.25, -0.2) is 9.97 Å². The molecule has 2 N–H and O–H groups in total. The summed E-state index contributed by atoms with van der Waals surface area (Å²) in [5.41, 5.74) is 2.88. The lowest BCUT2D eigenvalue weighted by Crippen LogP contribution is -2.14. The van der Waals surface area contributed by atoms with E-state index in [1.54, 1.807) is 6.07 Å². The first kappa shape index (κ1) is 13.5. The second kappa shape index (κ2) is 5.49. The molecule has 1 aromatic carbocycles. The third-order valence-electron chi connectivity index (χ3n) is 3.01. The van der Waals surface area contributed by atoms with Gasteiger partial charge in [0.15, 0.2) is 5.82 Å². The Morgan fingerprint density at radius 1 is 1.35 bits per heavy atom. The number of amides is 1. The van der Waals surface area contributed by atoms with Crippen LogP contribution in [0.3, 0.4) is 0 Å². The minimum Gasteiger partial charge on any atom is -0.384 e. The number of anilines is 2. The van der Waals surface area contributed by atoms with Crippen molar-refractivity contribution in [2.75, 3.05) is 17.2 Å². The molecule has 2 heterocycles. The highest BCUT2D eigenvalue weighted by Crippen LogP contribution is 2.24. The first-order valence-corrected chi connectivity index (χ1v) is 7.58. The molecule has 0 aliphatic carbocycles. The number of aromatic nitrogens is 2. The molecular weight excluding hydrogens is 388 g/mol. The van der Waals surface area contributed by atoms with Crippen LogP contribution in [0.1, 0.15) is 15.9 Å². The normalized spacial score (nSPS) is 12.7. The molecule has 1 aromatic heterocycles. The van der Waals surface area contributed by atoms with Gasteiger partial charge in [-0.05, 0) is 62.0 Å². The van der Waals surface area contributed by atoms with Crippen LogP contribution in [0.4, 0.5) is 11.5 Å². The van der Waals surface area contributed by atoms with E-state index in [0.29, 0.717) is 20.6 Å². The molecular formula is C13H10Br2N4O. The maximum Gasteiger partial charge on any atom is 0.256 e. The standard InChI is InChI=1S/C13H10Br2N4O/c14-10-6-17-12(11(15)18-10)19-13(20)8-1-2-9-7(5-8)3-4-16-9/h1-2,5-6,16H,3-4H2,(H,17,19,20). The highest BCUT2D eigenvalue weighted by atomic mass is 79.9. The summed E-state index contributed by atoms with van der Waals surface area (Å²) < 4.78 is 1.09. The second-order valence-electron chi connectivity index (χ2n) is 4.33. The van der Waals surface area contributed by atoms with Crippen LogP contribution in [-0.4, -0.2) is 22.4 Å². The smallest absolute Gasteiger partial charge is 0.256 e. The number of benzene rings is 1. The number of halogens is 2. The summed E-state index contributed by atoms with van der Waals surface area (Å²) in [6.07, 6.45) is 2.48. The van der Waals surface area contributed by atoms with Crippen molar-refractivity contribution < 1.29 is 4.79 Å². The molecule has 0 radical (unpaired) electrons. The Morgan fingerprint density at radius 2 is 2.20 bits per heavy atom. The molecule has 1 aliphatic rings. The molecule has 0 bridgehead atoms. The number of carbonyl (C=O) groups is 1. The molecule has 0 saturated heterocycles. The number of nitrogens with zero attached hydrogens (tertiary/aromatic N) is 2. The molecule has 20 heavy (non-hydrogen) atoms. The van der Waals surface area contributed by atoms with Crippen LogP contribution in [0.2, 0.25) is 0 Å². The quantitative estimate of drug-likeness (QED) is 0.816. The minimum atomic E-state index is -0.197. The lowest BCUT2D eigenvalue weighted by Gasteiger charge is -2.07. The summed E-state index contributed by atoms with van der Waals surface area (Å²) in [6.45, 7) is 0.921. The van der Waals surface area contributed by atoms with Gasteiger partial charge in [0.25, 0.3) is 5.91 Å². The van der Waals surface area contributed by atoms with Gasteiger partial charge in [0, 0.05) is 17.8 Å². The molecule has 3 rings (SSSR count). The number of hydrogen-bond acceptors (Lipinski definition) is 4. The Balaban J connectivity index is 1.82. The minimum absolute atomic E-state index is 0.197. The molecule has 102 valence electrons. The van der Waals surface area contributed by atoms with Crippen LogP contribution in [0.25, 0.3) is 0 Å². The second-order valence-corrected chi connectivity index (χ2v) is 5.90. The molecule has 2 aromatic rings. The van der Waals surface area contributed by atoms with Gasteiger partial charge in [-0.1, -0.05) is 0 Å². The number of fused-ring (bicyclic) bond motifs is 1. The van der Waals surface area contributed by atoms with Crippen molar-refractivity contribution in [1.29, 1.82) is 0 Å². The predicted molar refractivity (Wildman–Crippen MR) is 84.0 cm³/mol. The van der Waals surface area contributed by atoms with Gasteiger partial charge in [0.05, 0.1) is 6.20 Å². The first-order chi connectivity index (χ1) is 9.63. The molecule has 1 amide bonds. The van der Waals surface area contributed by atoms with Crippen LogP contribution in [0.5, 0.6) is 0 Å². The van der Waals surface area contributed by atoms with E-state index in [-0.39, 0.29) is 5.91 Å². The Bertz CT molecular complexity index is 690. The fraction of sp³-hybridized carbons (Fsp3) is 0.154. The van der Waals surface area contributed by atoms with E-state index in [4.69, 9.17) is 0 Å². The van der Waals surface area contributed by atoms with Crippen LogP contribution in [0.15, 0.2) is 33.6 Å². The molecule has 7 heteroatoms.